The van der Waals surface area contributed by atoms with E-state index in [4.69, 9.17) is 0 Å². The monoisotopic (exact) mass is 198 g/mol. The number of hydrogen-bond acceptors (Lipinski definition) is 1. The lowest BCUT2D eigenvalue weighted by Gasteiger charge is -2.27. The molecule has 0 unspecified atom stereocenters. The van der Waals surface area contributed by atoms with Gasteiger partial charge in [-0.3, -0.25) is 4.79 Å². The SMILES string of the molecule is CC(C)CCCC(=O)C(C)(C)C(C)C. The molecule has 0 heterocycles. The largest absolute Gasteiger partial charge is 0.299 e. The Morgan fingerprint density at radius 1 is 1.14 bits per heavy atom. The summed E-state index contributed by atoms with van der Waals surface area (Å²) in [5.41, 5.74) is -0.142. The quantitative estimate of drug-likeness (QED) is 0.629. The molecule has 0 N–H and O–H groups in total. The standard InChI is InChI=1S/C13H26O/c1-10(2)8-7-9-12(14)13(5,6)11(3)4/h10-11H,7-9H2,1-6H3. The number of hydrogen-bond donors (Lipinski definition) is 0. The molecule has 0 fully saturated rings. The van der Waals surface area contributed by atoms with Crippen molar-refractivity contribution < 1.29 is 4.79 Å². The molecular weight excluding hydrogens is 172 g/mol. The van der Waals surface area contributed by atoms with Crippen LogP contribution >= 0.6 is 0 Å². The number of Topliss-reactive ketones (excluding diaryl/α,β-unsaturated/α-hetero) is 1. The Balaban J connectivity index is 3.96. The Morgan fingerprint density at radius 3 is 2.00 bits per heavy atom. The van der Waals surface area contributed by atoms with Crippen LogP contribution in [0, 0.1) is 17.3 Å². The van der Waals surface area contributed by atoms with E-state index in [2.05, 4.69) is 41.5 Å². The van der Waals surface area contributed by atoms with Crippen LogP contribution < -0.4 is 0 Å². The van der Waals surface area contributed by atoms with Crippen LogP contribution in [0.4, 0.5) is 0 Å². The fourth-order valence-electron chi connectivity index (χ4n) is 1.32. The van der Waals surface area contributed by atoms with Crippen LogP contribution in [0.2, 0.25) is 0 Å². The van der Waals surface area contributed by atoms with E-state index >= 15 is 0 Å². The van der Waals surface area contributed by atoms with Crippen LogP contribution in [-0.2, 0) is 4.79 Å². The first kappa shape index (κ1) is 13.7. The molecule has 0 aromatic carbocycles. The Kier molecular flexibility index (Phi) is 5.40. The summed E-state index contributed by atoms with van der Waals surface area (Å²) < 4.78 is 0. The van der Waals surface area contributed by atoms with E-state index in [1.165, 1.54) is 6.42 Å². The van der Waals surface area contributed by atoms with Crippen molar-refractivity contribution in [1.82, 2.24) is 0 Å². The van der Waals surface area contributed by atoms with Crippen molar-refractivity contribution in [3.8, 4) is 0 Å². The molecule has 0 amide bonds. The minimum Gasteiger partial charge on any atom is -0.299 e. The summed E-state index contributed by atoms with van der Waals surface area (Å²) in [6.07, 6.45) is 2.97. The summed E-state index contributed by atoms with van der Waals surface area (Å²) in [6.45, 7) is 12.8. The normalized spacial score (nSPS) is 12.6. The summed E-state index contributed by atoms with van der Waals surface area (Å²) in [5.74, 6) is 1.58. The number of carbonyl (C=O) groups excluding carboxylic acids is 1. The van der Waals surface area contributed by atoms with Gasteiger partial charge in [-0.1, -0.05) is 48.0 Å². The first-order valence-corrected chi connectivity index (χ1v) is 5.81. The van der Waals surface area contributed by atoms with Gasteiger partial charge in [0.15, 0.2) is 0 Å². The van der Waals surface area contributed by atoms with Crippen molar-refractivity contribution >= 4 is 5.78 Å². The Labute approximate surface area is 89.3 Å². The maximum absolute atomic E-state index is 11.9. The van der Waals surface area contributed by atoms with E-state index in [0.717, 1.165) is 12.8 Å². The smallest absolute Gasteiger partial charge is 0.138 e. The zero-order chi connectivity index (χ0) is 11.4. The topological polar surface area (TPSA) is 17.1 Å². The van der Waals surface area contributed by atoms with Crippen molar-refractivity contribution in [3.05, 3.63) is 0 Å². The van der Waals surface area contributed by atoms with E-state index < -0.39 is 0 Å². The van der Waals surface area contributed by atoms with Gasteiger partial charge in [0.25, 0.3) is 0 Å². The summed E-state index contributed by atoms with van der Waals surface area (Å²) in [7, 11) is 0. The van der Waals surface area contributed by atoms with Gasteiger partial charge in [0, 0.05) is 11.8 Å². The van der Waals surface area contributed by atoms with Crippen LogP contribution in [0.15, 0.2) is 0 Å². The minimum absolute atomic E-state index is 0.142. The number of rotatable bonds is 6. The molecule has 0 aliphatic carbocycles. The molecule has 1 heteroatoms. The fourth-order valence-corrected chi connectivity index (χ4v) is 1.32. The third-order valence-electron chi connectivity index (χ3n) is 3.35. The highest BCUT2D eigenvalue weighted by atomic mass is 16.1. The van der Waals surface area contributed by atoms with Crippen molar-refractivity contribution in [1.29, 1.82) is 0 Å². The highest BCUT2D eigenvalue weighted by Crippen LogP contribution is 2.29. The van der Waals surface area contributed by atoms with Crippen LogP contribution in [-0.4, -0.2) is 5.78 Å². The molecule has 84 valence electrons. The average Bonchev–Trinajstić information content (AvgIpc) is 2.02. The van der Waals surface area contributed by atoms with E-state index in [9.17, 15) is 4.79 Å². The van der Waals surface area contributed by atoms with Crippen molar-refractivity contribution in [3.63, 3.8) is 0 Å². The molecule has 0 saturated heterocycles. The lowest BCUT2D eigenvalue weighted by Crippen LogP contribution is -2.29. The van der Waals surface area contributed by atoms with Gasteiger partial charge in [-0.05, 0) is 18.3 Å². The number of ketones is 1. The summed E-state index contributed by atoms with van der Waals surface area (Å²) in [4.78, 5) is 11.9. The first-order chi connectivity index (χ1) is 6.28. The van der Waals surface area contributed by atoms with E-state index in [1.54, 1.807) is 0 Å². The van der Waals surface area contributed by atoms with Crippen molar-refractivity contribution in [2.45, 2.75) is 60.8 Å². The molecule has 0 radical (unpaired) electrons. The van der Waals surface area contributed by atoms with Gasteiger partial charge in [0.05, 0.1) is 0 Å². The second-order valence-electron chi connectivity index (χ2n) is 5.59. The molecule has 0 aromatic rings. The predicted molar refractivity (Wildman–Crippen MR) is 62.3 cm³/mol. The molecule has 0 atom stereocenters. The third kappa shape index (κ3) is 4.26. The van der Waals surface area contributed by atoms with Crippen LogP contribution in [0.5, 0.6) is 0 Å². The third-order valence-corrected chi connectivity index (χ3v) is 3.35. The van der Waals surface area contributed by atoms with Gasteiger partial charge in [0.2, 0.25) is 0 Å². The van der Waals surface area contributed by atoms with Crippen molar-refractivity contribution in [2.24, 2.45) is 17.3 Å². The predicted octanol–water partition coefficient (Wildman–Crippen LogP) is 4.06. The maximum Gasteiger partial charge on any atom is 0.138 e. The van der Waals surface area contributed by atoms with Gasteiger partial charge in [-0.25, -0.2) is 0 Å². The van der Waals surface area contributed by atoms with E-state index in [0.29, 0.717) is 17.6 Å². The highest BCUT2D eigenvalue weighted by molar-refractivity contribution is 5.84. The summed E-state index contributed by atoms with van der Waals surface area (Å²) in [5, 5.41) is 0. The fraction of sp³-hybridized carbons (Fsp3) is 0.923. The first-order valence-electron chi connectivity index (χ1n) is 5.81. The molecule has 0 aliphatic heterocycles. The lowest BCUT2D eigenvalue weighted by atomic mass is 9.76. The molecule has 0 aromatic heterocycles. The van der Waals surface area contributed by atoms with Gasteiger partial charge >= 0.3 is 0 Å². The van der Waals surface area contributed by atoms with Crippen molar-refractivity contribution in [2.75, 3.05) is 0 Å². The van der Waals surface area contributed by atoms with E-state index in [-0.39, 0.29) is 5.41 Å². The summed E-state index contributed by atoms with van der Waals surface area (Å²) in [6, 6.07) is 0. The van der Waals surface area contributed by atoms with Crippen LogP contribution in [0.1, 0.15) is 60.8 Å². The minimum atomic E-state index is -0.142. The highest BCUT2D eigenvalue weighted by Gasteiger charge is 2.29. The average molecular weight is 198 g/mol. The van der Waals surface area contributed by atoms with Gasteiger partial charge in [-0.15, -0.1) is 0 Å². The maximum atomic E-state index is 11.9. The Bertz CT molecular complexity index is 178. The van der Waals surface area contributed by atoms with Gasteiger partial charge < -0.3 is 0 Å². The number of carbonyl (C=O) groups is 1. The Morgan fingerprint density at radius 2 is 1.64 bits per heavy atom. The van der Waals surface area contributed by atoms with E-state index in [1.807, 2.05) is 0 Å². The van der Waals surface area contributed by atoms with Gasteiger partial charge in [0.1, 0.15) is 5.78 Å². The van der Waals surface area contributed by atoms with Crippen LogP contribution in [0.3, 0.4) is 0 Å². The molecule has 1 nitrogen and oxygen atoms in total. The second kappa shape index (κ2) is 5.53. The van der Waals surface area contributed by atoms with Crippen LogP contribution in [0.25, 0.3) is 0 Å². The zero-order valence-corrected chi connectivity index (χ0v) is 10.7. The summed E-state index contributed by atoms with van der Waals surface area (Å²) >= 11 is 0. The molecular formula is C13H26O. The lowest BCUT2D eigenvalue weighted by molar-refractivity contribution is -0.129. The zero-order valence-electron chi connectivity index (χ0n) is 10.7. The molecule has 14 heavy (non-hydrogen) atoms. The second-order valence-corrected chi connectivity index (χ2v) is 5.59. The molecule has 0 rings (SSSR count). The molecule has 0 spiro atoms. The molecule has 0 saturated carbocycles. The molecule has 0 aliphatic rings. The molecule has 0 bridgehead atoms. The van der Waals surface area contributed by atoms with Gasteiger partial charge in [-0.2, -0.15) is 0 Å². The Hall–Kier alpha value is -0.330.